The van der Waals surface area contributed by atoms with Crippen LogP contribution in [0.5, 0.6) is 0 Å². The monoisotopic (exact) mass is 262 g/mol. The maximum atomic E-state index is 12.7. The van der Waals surface area contributed by atoms with Crippen LogP contribution in [-0.4, -0.2) is 72.2 Å². The second-order valence-corrected chi connectivity index (χ2v) is 5.76. The van der Waals surface area contributed by atoms with Crippen molar-refractivity contribution in [3.63, 3.8) is 0 Å². The summed E-state index contributed by atoms with van der Waals surface area (Å²) in [4.78, 5) is 17.0. The third kappa shape index (κ3) is 1.84. The van der Waals surface area contributed by atoms with Gasteiger partial charge in [-0.15, -0.1) is 0 Å². The van der Waals surface area contributed by atoms with Crippen LogP contribution < -0.4 is 0 Å². The molecular formula is C14H18N2O3. The molecule has 3 saturated heterocycles. The Morgan fingerprint density at radius 2 is 2.00 bits per heavy atom. The van der Waals surface area contributed by atoms with E-state index in [-0.39, 0.29) is 24.6 Å². The Morgan fingerprint density at radius 1 is 1.26 bits per heavy atom. The molecule has 5 heteroatoms. The Bertz CT molecular complexity index is 515. The number of allylic oxidation sites excluding steroid dienone is 1. The van der Waals surface area contributed by atoms with Gasteiger partial charge in [-0.05, 0) is 18.1 Å². The number of nitrogens with zero attached hydrogens (tertiary/aromatic N) is 2. The largest absolute Gasteiger partial charge is 0.392 e. The number of hydrogen-bond donors (Lipinski definition) is 1. The fraction of sp³-hybridized carbons (Fsp3) is 0.643. The first-order valence-corrected chi connectivity index (χ1v) is 6.91. The highest BCUT2D eigenvalue weighted by Crippen LogP contribution is 2.43. The van der Waals surface area contributed by atoms with E-state index in [2.05, 4.69) is 9.80 Å². The van der Waals surface area contributed by atoms with Gasteiger partial charge in [0.1, 0.15) is 12.2 Å². The molecule has 3 fully saturated rings. The third-order valence-electron chi connectivity index (χ3n) is 4.37. The van der Waals surface area contributed by atoms with Crippen molar-refractivity contribution in [3.05, 3.63) is 22.4 Å². The number of aliphatic hydroxyl groups is 1. The average Bonchev–Trinajstić information content (AvgIpc) is 3.24. The molecule has 5 nitrogen and oxygen atoms in total. The molecule has 3 aliphatic heterocycles. The molecule has 0 bridgehead atoms. The molecule has 3 heterocycles. The van der Waals surface area contributed by atoms with Gasteiger partial charge in [-0.2, -0.15) is 0 Å². The first-order chi connectivity index (χ1) is 9.20. The van der Waals surface area contributed by atoms with Crippen LogP contribution >= 0.6 is 0 Å². The summed E-state index contributed by atoms with van der Waals surface area (Å²) < 4.78 is 5.77. The molecule has 0 saturated carbocycles. The number of hydrogen-bond acceptors (Lipinski definition) is 5. The van der Waals surface area contributed by atoms with Crippen molar-refractivity contribution in [3.8, 4) is 0 Å². The summed E-state index contributed by atoms with van der Waals surface area (Å²) >= 11 is 0. The molecule has 1 aliphatic carbocycles. The van der Waals surface area contributed by atoms with Gasteiger partial charge in [-0.25, -0.2) is 0 Å². The quantitative estimate of drug-likeness (QED) is 0.694. The molecule has 2 atom stereocenters. The molecule has 19 heavy (non-hydrogen) atoms. The number of ketones is 1. The Balaban J connectivity index is 1.75. The van der Waals surface area contributed by atoms with Crippen molar-refractivity contribution in [1.29, 1.82) is 0 Å². The molecule has 0 spiro atoms. The van der Waals surface area contributed by atoms with Crippen molar-refractivity contribution in [2.75, 3.05) is 39.3 Å². The second kappa shape index (κ2) is 3.91. The number of aliphatic hydroxyl groups excluding tert-OH is 1. The lowest BCUT2D eigenvalue weighted by atomic mass is 10.0. The van der Waals surface area contributed by atoms with E-state index < -0.39 is 0 Å². The third-order valence-corrected chi connectivity index (χ3v) is 4.37. The van der Waals surface area contributed by atoms with E-state index in [0.717, 1.165) is 49.6 Å². The van der Waals surface area contributed by atoms with Crippen LogP contribution in [0.3, 0.4) is 0 Å². The van der Waals surface area contributed by atoms with Gasteiger partial charge >= 0.3 is 0 Å². The highest BCUT2D eigenvalue weighted by atomic mass is 16.6. The maximum Gasteiger partial charge on any atom is 0.207 e. The van der Waals surface area contributed by atoms with Crippen molar-refractivity contribution >= 4 is 5.78 Å². The Morgan fingerprint density at radius 3 is 2.58 bits per heavy atom. The fourth-order valence-electron chi connectivity index (χ4n) is 2.98. The fourth-order valence-corrected chi connectivity index (χ4v) is 2.98. The molecule has 4 aliphatic rings. The van der Waals surface area contributed by atoms with Crippen LogP contribution in [0.1, 0.15) is 6.92 Å². The second-order valence-electron chi connectivity index (χ2n) is 5.76. The number of ether oxygens (including phenoxy) is 1. The summed E-state index contributed by atoms with van der Waals surface area (Å²) in [6.07, 6.45) is 0.0719. The lowest BCUT2D eigenvalue weighted by molar-refractivity contribution is -0.113. The van der Waals surface area contributed by atoms with Crippen LogP contribution in [0.15, 0.2) is 22.4 Å². The van der Waals surface area contributed by atoms with E-state index in [1.807, 2.05) is 6.92 Å². The van der Waals surface area contributed by atoms with Gasteiger partial charge in [-0.3, -0.25) is 9.69 Å². The van der Waals surface area contributed by atoms with E-state index >= 15 is 0 Å². The predicted molar refractivity (Wildman–Crippen MR) is 68.5 cm³/mol. The SMILES string of the molecule is CC1=C(N2CC2)C(=O)C(CO)=C(CN2CC2)C2OC12. The molecule has 1 N–H and O–H groups in total. The molecule has 0 aromatic heterocycles. The molecule has 102 valence electrons. The Hall–Kier alpha value is -1.17. The number of carbonyl (C=O) groups excluding carboxylic acids is 1. The van der Waals surface area contributed by atoms with E-state index in [1.165, 1.54) is 0 Å². The summed E-state index contributed by atoms with van der Waals surface area (Å²) in [6.45, 7) is 6.62. The standard InChI is InChI=1S/C14H18N2O3/c1-8-11(16-4-5-16)12(18)10(7-17)9(6-15-2-3-15)14-13(8)19-14/h13-14,17H,2-7H2,1H3. The zero-order valence-electron chi connectivity index (χ0n) is 11.1. The zero-order valence-corrected chi connectivity index (χ0v) is 11.1. The van der Waals surface area contributed by atoms with Gasteiger partial charge in [0.05, 0.1) is 12.3 Å². The normalized spacial score (nSPS) is 33.6. The van der Waals surface area contributed by atoms with Gasteiger partial charge in [0.2, 0.25) is 5.78 Å². The lowest BCUT2D eigenvalue weighted by Crippen LogP contribution is -2.20. The summed E-state index contributed by atoms with van der Waals surface area (Å²) in [5.41, 5.74) is 3.39. The van der Waals surface area contributed by atoms with Crippen LogP contribution in [-0.2, 0) is 9.53 Å². The first-order valence-electron chi connectivity index (χ1n) is 6.91. The minimum atomic E-state index is -0.181. The van der Waals surface area contributed by atoms with Crippen molar-refractivity contribution < 1.29 is 14.6 Å². The Kier molecular flexibility index (Phi) is 2.40. The van der Waals surface area contributed by atoms with Crippen LogP contribution in [0.2, 0.25) is 0 Å². The molecule has 0 aromatic rings. The number of fused-ring (bicyclic) bond motifs is 1. The van der Waals surface area contributed by atoms with E-state index in [0.29, 0.717) is 5.57 Å². The van der Waals surface area contributed by atoms with Gasteiger partial charge in [0, 0.05) is 38.3 Å². The predicted octanol–water partition coefficient (Wildman–Crippen LogP) is -0.469. The molecule has 4 rings (SSSR count). The highest BCUT2D eigenvalue weighted by Gasteiger charge is 2.50. The van der Waals surface area contributed by atoms with E-state index in [9.17, 15) is 9.90 Å². The number of Topliss-reactive ketones (excluding diaryl/α,β-unsaturated/α-hetero) is 1. The summed E-state index contributed by atoms with van der Waals surface area (Å²) in [5, 5.41) is 9.64. The molecule has 0 radical (unpaired) electrons. The summed E-state index contributed by atoms with van der Waals surface area (Å²) in [5.74, 6) is 0.0187. The molecule has 0 aromatic carbocycles. The minimum Gasteiger partial charge on any atom is -0.392 e. The topological polar surface area (TPSA) is 55.9 Å². The van der Waals surface area contributed by atoms with Crippen molar-refractivity contribution in [2.24, 2.45) is 0 Å². The molecular weight excluding hydrogens is 244 g/mol. The number of rotatable bonds is 4. The highest BCUT2D eigenvalue weighted by molar-refractivity contribution is 6.10. The van der Waals surface area contributed by atoms with Crippen LogP contribution in [0.25, 0.3) is 0 Å². The summed E-state index contributed by atoms with van der Waals surface area (Å²) in [6, 6.07) is 0. The van der Waals surface area contributed by atoms with Crippen molar-refractivity contribution in [1.82, 2.24) is 9.80 Å². The Labute approximate surface area is 112 Å². The number of carbonyl (C=O) groups is 1. The minimum absolute atomic E-state index is 0.0177. The van der Waals surface area contributed by atoms with Gasteiger partial charge < -0.3 is 14.7 Å². The average molecular weight is 262 g/mol. The van der Waals surface area contributed by atoms with Gasteiger partial charge in [-0.1, -0.05) is 0 Å². The molecule has 0 amide bonds. The van der Waals surface area contributed by atoms with E-state index in [4.69, 9.17) is 4.74 Å². The molecule has 2 unspecified atom stereocenters. The maximum absolute atomic E-state index is 12.7. The van der Waals surface area contributed by atoms with Gasteiger partial charge in [0.15, 0.2) is 0 Å². The smallest absolute Gasteiger partial charge is 0.207 e. The first kappa shape index (κ1) is 11.6. The lowest BCUT2D eigenvalue weighted by Gasteiger charge is -2.14. The van der Waals surface area contributed by atoms with Crippen LogP contribution in [0.4, 0.5) is 0 Å². The summed E-state index contributed by atoms with van der Waals surface area (Å²) in [7, 11) is 0. The number of epoxide rings is 1. The zero-order chi connectivity index (χ0) is 13.1. The van der Waals surface area contributed by atoms with Crippen LogP contribution in [0, 0.1) is 0 Å². The van der Waals surface area contributed by atoms with Crippen molar-refractivity contribution in [2.45, 2.75) is 19.1 Å². The van der Waals surface area contributed by atoms with E-state index in [1.54, 1.807) is 0 Å². The van der Waals surface area contributed by atoms with Gasteiger partial charge in [0.25, 0.3) is 0 Å².